The summed E-state index contributed by atoms with van der Waals surface area (Å²) >= 11 is 1.45. The van der Waals surface area contributed by atoms with Gasteiger partial charge in [-0.15, -0.1) is 11.8 Å². The minimum atomic E-state index is -1.67. The lowest BCUT2D eigenvalue weighted by molar-refractivity contribution is 0.112. The topological polar surface area (TPSA) is 56.0 Å². The van der Waals surface area contributed by atoms with E-state index < -0.39 is 5.67 Å². The Morgan fingerprint density at radius 2 is 2.16 bits per heavy atom. The zero-order valence-corrected chi connectivity index (χ0v) is 11.6. The minimum Gasteiger partial charge on any atom is -0.335 e. The molecule has 0 aliphatic carbocycles. The first-order valence-electron chi connectivity index (χ1n) is 5.62. The maximum Gasteiger partial charge on any atom is 0.264 e. The average Bonchev–Trinajstić information content (AvgIpc) is 2.87. The lowest BCUT2D eigenvalue weighted by atomic mass is 10.1. The van der Waals surface area contributed by atoms with E-state index in [1.165, 1.54) is 25.6 Å². The van der Waals surface area contributed by atoms with E-state index in [1.807, 2.05) is 6.26 Å². The zero-order chi connectivity index (χ0) is 14.0. The van der Waals surface area contributed by atoms with Gasteiger partial charge in [-0.1, -0.05) is 11.2 Å². The van der Waals surface area contributed by atoms with Gasteiger partial charge in [-0.2, -0.15) is 4.98 Å². The van der Waals surface area contributed by atoms with E-state index >= 15 is 0 Å². The van der Waals surface area contributed by atoms with Gasteiger partial charge in [0, 0.05) is 16.0 Å². The molecule has 1 heterocycles. The van der Waals surface area contributed by atoms with Crippen LogP contribution in [0, 0.1) is 0 Å². The van der Waals surface area contributed by atoms with Crippen LogP contribution in [-0.2, 0) is 5.67 Å². The fourth-order valence-electron chi connectivity index (χ4n) is 1.53. The molecule has 0 atom stereocenters. The number of hydrogen-bond acceptors (Lipinski definition) is 5. The van der Waals surface area contributed by atoms with Crippen LogP contribution in [0.1, 0.15) is 30.1 Å². The molecule has 0 bridgehead atoms. The second-order valence-electron chi connectivity index (χ2n) is 4.47. The Hall–Kier alpha value is -1.69. The first-order valence-corrected chi connectivity index (χ1v) is 6.85. The molecule has 0 unspecified atom stereocenters. The van der Waals surface area contributed by atoms with Crippen LogP contribution in [0.15, 0.2) is 27.6 Å². The molecule has 0 amide bonds. The SMILES string of the molecule is CSc1cc(-c2noc(C(C)(C)F)n2)ccc1C=O. The fraction of sp³-hybridized carbons (Fsp3) is 0.308. The third-order valence-corrected chi connectivity index (χ3v) is 3.35. The third-order valence-electron chi connectivity index (χ3n) is 2.55. The van der Waals surface area contributed by atoms with E-state index in [0.29, 0.717) is 17.0 Å². The van der Waals surface area contributed by atoms with Crippen molar-refractivity contribution in [3.8, 4) is 11.4 Å². The van der Waals surface area contributed by atoms with Gasteiger partial charge in [0.1, 0.15) is 0 Å². The number of thioether (sulfide) groups is 1. The van der Waals surface area contributed by atoms with E-state index in [-0.39, 0.29) is 5.89 Å². The number of alkyl halides is 1. The zero-order valence-electron chi connectivity index (χ0n) is 10.8. The summed E-state index contributed by atoms with van der Waals surface area (Å²) in [6.45, 7) is 2.71. The Morgan fingerprint density at radius 3 is 2.68 bits per heavy atom. The molecule has 2 rings (SSSR count). The van der Waals surface area contributed by atoms with Gasteiger partial charge in [-0.3, -0.25) is 4.79 Å². The van der Waals surface area contributed by atoms with Gasteiger partial charge in [0.15, 0.2) is 12.0 Å². The largest absolute Gasteiger partial charge is 0.335 e. The van der Waals surface area contributed by atoms with Crippen molar-refractivity contribution in [3.63, 3.8) is 0 Å². The summed E-state index contributed by atoms with van der Waals surface area (Å²) in [4.78, 5) is 15.7. The van der Waals surface area contributed by atoms with Gasteiger partial charge in [-0.25, -0.2) is 4.39 Å². The van der Waals surface area contributed by atoms with Crippen molar-refractivity contribution < 1.29 is 13.7 Å². The quantitative estimate of drug-likeness (QED) is 0.634. The highest BCUT2D eigenvalue weighted by molar-refractivity contribution is 7.98. The molecule has 0 aliphatic rings. The molecule has 4 nitrogen and oxygen atoms in total. The van der Waals surface area contributed by atoms with Crippen LogP contribution in [0.5, 0.6) is 0 Å². The van der Waals surface area contributed by atoms with Crippen molar-refractivity contribution in [2.24, 2.45) is 0 Å². The highest BCUT2D eigenvalue weighted by atomic mass is 32.2. The van der Waals surface area contributed by atoms with Crippen LogP contribution in [0.2, 0.25) is 0 Å². The van der Waals surface area contributed by atoms with Gasteiger partial charge in [0.05, 0.1) is 0 Å². The molecule has 2 aromatic rings. The standard InChI is InChI=1S/C13H13FN2O2S/c1-13(2,14)12-15-11(16-18-12)8-4-5-9(7-17)10(6-8)19-3/h4-7H,1-3H3. The van der Waals surface area contributed by atoms with Crippen LogP contribution in [0.25, 0.3) is 11.4 Å². The number of carbonyl (C=O) groups excluding carboxylic acids is 1. The number of rotatable bonds is 4. The molecule has 0 radical (unpaired) electrons. The maximum absolute atomic E-state index is 13.7. The molecular weight excluding hydrogens is 267 g/mol. The van der Waals surface area contributed by atoms with Crippen LogP contribution in [0.4, 0.5) is 4.39 Å². The molecule has 0 fully saturated rings. The number of hydrogen-bond donors (Lipinski definition) is 0. The summed E-state index contributed by atoms with van der Waals surface area (Å²) in [6.07, 6.45) is 2.67. The fourth-order valence-corrected chi connectivity index (χ4v) is 2.13. The Bertz CT molecular complexity index is 605. The molecule has 0 aliphatic heterocycles. The van der Waals surface area contributed by atoms with Gasteiger partial charge in [0.25, 0.3) is 5.89 Å². The Morgan fingerprint density at radius 1 is 1.42 bits per heavy atom. The number of aldehydes is 1. The number of nitrogens with zero attached hydrogens (tertiary/aromatic N) is 2. The average molecular weight is 280 g/mol. The highest BCUT2D eigenvalue weighted by Crippen LogP contribution is 2.28. The summed E-state index contributed by atoms with van der Waals surface area (Å²) in [5.74, 6) is 0.251. The van der Waals surface area contributed by atoms with Crippen LogP contribution in [-0.4, -0.2) is 22.7 Å². The second-order valence-corrected chi connectivity index (χ2v) is 5.32. The Balaban J connectivity index is 2.42. The number of aromatic nitrogens is 2. The van der Waals surface area contributed by atoms with Crippen molar-refractivity contribution >= 4 is 18.0 Å². The predicted molar refractivity (Wildman–Crippen MR) is 71.0 cm³/mol. The van der Waals surface area contributed by atoms with E-state index in [0.717, 1.165) is 11.2 Å². The van der Waals surface area contributed by atoms with Crippen molar-refractivity contribution in [1.82, 2.24) is 10.1 Å². The van der Waals surface area contributed by atoms with Gasteiger partial charge < -0.3 is 4.52 Å². The summed E-state index contributed by atoms with van der Waals surface area (Å²) in [5.41, 5.74) is -0.379. The smallest absolute Gasteiger partial charge is 0.264 e. The molecule has 0 saturated heterocycles. The summed E-state index contributed by atoms with van der Waals surface area (Å²) in [5, 5.41) is 3.76. The van der Waals surface area contributed by atoms with Gasteiger partial charge in [-0.05, 0) is 32.2 Å². The first-order chi connectivity index (χ1) is 8.95. The highest BCUT2D eigenvalue weighted by Gasteiger charge is 2.27. The molecule has 6 heteroatoms. The third kappa shape index (κ3) is 2.84. The van der Waals surface area contributed by atoms with E-state index in [1.54, 1.807) is 18.2 Å². The Labute approximate surface area is 114 Å². The van der Waals surface area contributed by atoms with Crippen LogP contribution < -0.4 is 0 Å². The van der Waals surface area contributed by atoms with Crippen molar-refractivity contribution in [3.05, 3.63) is 29.7 Å². The Kier molecular flexibility index (Phi) is 3.71. The van der Waals surface area contributed by atoms with Gasteiger partial charge in [0.2, 0.25) is 5.82 Å². The van der Waals surface area contributed by atoms with Crippen LogP contribution in [0.3, 0.4) is 0 Å². The van der Waals surface area contributed by atoms with Crippen LogP contribution >= 0.6 is 11.8 Å². The number of benzene rings is 1. The predicted octanol–water partition coefficient (Wildman–Crippen LogP) is 3.48. The monoisotopic (exact) mass is 280 g/mol. The number of carbonyl (C=O) groups is 1. The summed E-state index contributed by atoms with van der Waals surface area (Å²) in [6, 6.07) is 5.18. The van der Waals surface area contributed by atoms with Crippen molar-refractivity contribution in [1.29, 1.82) is 0 Å². The molecule has 19 heavy (non-hydrogen) atoms. The molecule has 0 spiro atoms. The normalized spacial score (nSPS) is 11.6. The van der Waals surface area contributed by atoms with Crippen molar-refractivity contribution in [2.75, 3.05) is 6.26 Å². The molecule has 1 aromatic heterocycles. The molecule has 0 saturated carbocycles. The lowest BCUT2D eigenvalue weighted by Crippen LogP contribution is -2.09. The maximum atomic E-state index is 13.7. The minimum absolute atomic E-state index is 0.0623. The molecule has 1 aromatic carbocycles. The van der Waals surface area contributed by atoms with Crippen molar-refractivity contribution in [2.45, 2.75) is 24.4 Å². The van der Waals surface area contributed by atoms with E-state index in [9.17, 15) is 9.18 Å². The first kappa shape index (κ1) is 13.7. The molecule has 100 valence electrons. The van der Waals surface area contributed by atoms with E-state index in [2.05, 4.69) is 10.1 Å². The molecule has 0 N–H and O–H groups in total. The van der Waals surface area contributed by atoms with Gasteiger partial charge >= 0.3 is 0 Å². The lowest BCUT2D eigenvalue weighted by Gasteiger charge is -2.05. The summed E-state index contributed by atoms with van der Waals surface area (Å²) < 4.78 is 18.6. The van der Waals surface area contributed by atoms with E-state index in [4.69, 9.17) is 4.52 Å². The number of halogens is 1. The molecular formula is C13H13FN2O2S. The summed E-state index contributed by atoms with van der Waals surface area (Å²) in [7, 11) is 0. The second kappa shape index (κ2) is 5.13.